The van der Waals surface area contributed by atoms with Crippen molar-refractivity contribution < 1.29 is 14.0 Å². The molecule has 2 rings (SSSR count). The second-order valence-corrected chi connectivity index (χ2v) is 5.43. The molecule has 7 heteroatoms. The molecule has 0 saturated heterocycles. The van der Waals surface area contributed by atoms with Gasteiger partial charge in [0.25, 0.3) is 0 Å². The van der Waals surface area contributed by atoms with Crippen molar-refractivity contribution in [1.82, 2.24) is 5.43 Å². The van der Waals surface area contributed by atoms with Crippen molar-refractivity contribution in [2.24, 2.45) is 5.10 Å². The van der Waals surface area contributed by atoms with Gasteiger partial charge >= 0.3 is 5.91 Å². The first-order chi connectivity index (χ1) is 11.5. The maximum absolute atomic E-state index is 12.0. The molecular formula is C17H20N4O3. The van der Waals surface area contributed by atoms with E-state index < -0.39 is 5.91 Å². The highest BCUT2D eigenvalue weighted by Gasteiger charge is 2.08. The summed E-state index contributed by atoms with van der Waals surface area (Å²) in [5.74, 6) is -0.503. The van der Waals surface area contributed by atoms with E-state index in [0.717, 1.165) is 5.69 Å². The van der Waals surface area contributed by atoms with Crippen molar-refractivity contribution >= 4 is 28.9 Å². The predicted molar refractivity (Wildman–Crippen MR) is 93.3 cm³/mol. The van der Waals surface area contributed by atoms with E-state index in [-0.39, 0.29) is 18.1 Å². The number of benzene rings is 1. The van der Waals surface area contributed by atoms with Crippen LogP contribution in [0.15, 0.2) is 52.2 Å². The Morgan fingerprint density at radius 1 is 1.17 bits per heavy atom. The van der Waals surface area contributed by atoms with Gasteiger partial charge in [-0.25, -0.2) is 5.43 Å². The number of carbonyl (C=O) groups is 2. The zero-order valence-electron chi connectivity index (χ0n) is 13.9. The Morgan fingerprint density at radius 2 is 1.88 bits per heavy atom. The predicted octanol–water partition coefficient (Wildman–Crippen LogP) is 2.48. The van der Waals surface area contributed by atoms with Gasteiger partial charge in [-0.1, -0.05) is 0 Å². The molecule has 0 saturated carbocycles. The summed E-state index contributed by atoms with van der Waals surface area (Å²) in [4.78, 5) is 25.6. The molecule has 126 valence electrons. The molecule has 0 aliphatic carbocycles. The van der Waals surface area contributed by atoms with E-state index in [1.54, 1.807) is 13.0 Å². The highest BCUT2D eigenvalue weighted by atomic mass is 16.3. The Labute approximate surface area is 140 Å². The lowest BCUT2D eigenvalue weighted by molar-refractivity contribution is -0.115. The molecule has 1 aromatic carbocycles. The number of rotatable bonds is 6. The van der Waals surface area contributed by atoms with Crippen LogP contribution in [-0.2, 0) is 4.79 Å². The van der Waals surface area contributed by atoms with Crippen molar-refractivity contribution in [3.05, 3.63) is 48.4 Å². The summed E-state index contributed by atoms with van der Waals surface area (Å²) in [5, 5.41) is 6.67. The molecule has 0 atom stereocenters. The third-order valence-electron chi connectivity index (χ3n) is 3.18. The summed E-state index contributed by atoms with van der Waals surface area (Å²) in [5.41, 5.74) is 4.58. The Balaban J connectivity index is 1.84. The minimum atomic E-state index is -0.459. The highest BCUT2D eigenvalue weighted by molar-refractivity contribution is 6.06. The number of amides is 2. The third kappa shape index (κ3) is 4.98. The molecule has 0 aliphatic heterocycles. The van der Waals surface area contributed by atoms with Crippen LogP contribution < -0.4 is 15.6 Å². The van der Waals surface area contributed by atoms with Crippen LogP contribution in [0.25, 0.3) is 0 Å². The maximum atomic E-state index is 12.0. The van der Waals surface area contributed by atoms with E-state index in [1.807, 2.05) is 43.3 Å². The normalized spacial score (nSPS) is 11.0. The average molecular weight is 328 g/mol. The fraction of sp³-hybridized carbons (Fsp3) is 0.235. The topological polar surface area (TPSA) is 86.9 Å². The van der Waals surface area contributed by atoms with Crippen LogP contribution in [0.1, 0.15) is 23.9 Å². The fourth-order valence-electron chi connectivity index (χ4n) is 1.93. The van der Waals surface area contributed by atoms with Crippen molar-refractivity contribution in [3.63, 3.8) is 0 Å². The van der Waals surface area contributed by atoms with Gasteiger partial charge in [-0.2, -0.15) is 5.10 Å². The summed E-state index contributed by atoms with van der Waals surface area (Å²) in [6.45, 7) is 1.66. The van der Waals surface area contributed by atoms with Gasteiger partial charge in [-0.15, -0.1) is 0 Å². The van der Waals surface area contributed by atoms with E-state index in [2.05, 4.69) is 15.8 Å². The minimum absolute atomic E-state index is 0.0772. The monoisotopic (exact) mass is 328 g/mol. The maximum Gasteiger partial charge on any atom is 0.307 e. The van der Waals surface area contributed by atoms with Crippen molar-refractivity contribution in [2.75, 3.05) is 24.3 Å². The van der Waals surface area contributed by atoms with Crippen LogP contribution in [-0.4, -0.2) is 31.6 Å². The van der Waals surface area contributed by atoms with Crippen molar-refractivity contribution in [1.29, 1.82) is 0 Å². The van der Waals surface area contributed by atoms with Gasteiger partial charge in [0.05, 0.1) is 12.7 Å². The average Bonchev–Trinajstić information content (AvgIpc) is 3.07. The zero-order chi connectivity index (χ0) is 17.5. The highest BCUT2D eigenvalue weighted by Crippen LogP contribution is 2.15. The molecule has 2 aromatic rings. The smallest absolute Gasteiger partial charge is 0.307 e. The summed E-state index contributed by atoms with van der Waals surface area (Å²) in [7, 11) is 3.90. The van der Waals surface area contributed by atoms with Gasteiger partial charge in [0.2, 0.25) is 5.91 Å². The molecule has 0 spiro atoms. The van der Waals surface area contributed by atoms with E-state index in [9.17, 15) is 9.59 Å². The van der Waals surface area contributed by atoms with Gasteiger partial charge in [-0.3, -0.25) is 9.59 Å². The standard InChI is InChI=1S/C17H20N4O3/c1-12(19-20-17(23)15-5-4-10-24-15)11-16(22)18-13-6-8-14(9-7-13)21(2)3/h4-10H,11H2,1-3H3,(H,18,22)(H,20,23)/b19-12-. The Bertz CT molecular complexity index is 719. The van der Waals surface area contributed by atoms with Gasteiger partial charge in [0.1, 0.15) is 0 Å². The number of furan rings is 1. The molecule has 0 unspecified atom stereocenters. The van der Waals surface area contributed by atoms with E-state index in [1.165, 1.54) is 12.3 Å². The van der Waals surface area contributed by atoms with Gasteiger partial charge in [0.15, 0.2) is 5.76 Å². The molecule has 0 aliphatic rings. The molecule has 24 heavy (non-hydrogen) atoms. The fourth-order valence-corrected chi connectivity index (χ4v) is 1.93. The third-order valence-corrected chi connectivity index (χ3v) is 3.18. The molecule has 0 fully saturated rings. The van der Waals surface area contributed by atoms with Crippen molar-refractivity contribution in [3.8, 4) is 0 Å². The summed E-state index contributed by atoms with van der Waals surface area (Å²) in [6.07, 6.45) is 1.48. The lowest BCUT2D eigenvalue weighted by Gasteiger charge is -2.13. The van der Waals surface area contributed by atoms with Gasteiger partial charge in [-0.05, 0) is 43.3 Å². The summed E-state index contributed by atoms with van der Waals surface area (Å²) in [6, 6.07) is 10.6. The molecule has 1 aromatic heterocycles. The molecular weight excluding hydrogens is 308 g/mol. The number of nitrogens with one attached hydrogen (secondary N) is 2. The largest absolute Gasteiger partial charge is 0.459 e. The molecule has 1 heterocycles. The second-order valence-electron chi connectivity index (χ2n) is 5.43. The zero-order valence-corrected chi connectivity index (χ0v) is 13.9. The number of hydrazone groups is 1. The van der Waals surface area contributed by atoms with Gasteiger partial charge < -0.3 is 14.6 Å². The molecule has 0 bridgehead atoms. The van der Waals surface area contributed by atoms with Gasteiger partial charge in [0, 0.05) is 31.2 Å². The van der Waals surface area contributed by atoms with Crippen LogP contribution in [0.3, 0.4) is 0 Å². The Morgan fingerprint density at radius 3 is 2.46 bits per heavy atom. The van der Waals surface area contributed by atoms with E-state index in [4.69, 9.17) is 4.42 Å². The lowest BCUT2D eigenvalue weighted by Crippen LogP contribution is -2.21. The summed E-state index contributed by atoms with van der Waals surface area (Å²) >= 11 is 0. The van der Waals surface area contributed by atoms with Crippen LogP contribution >= 0.6 is 0 Å². The first-order valence-electron chi connectivity index (χ1n) is 7.40. The van der Waals surface area contributed by atoms with Crippen molar-refractivity contribution in [2.45, 2.75) is 13.3 Å². The first kappa shape index (κ1) is 17.3. The van der Waals surface area contributed by atoms with Crippen LogP contribution in [0, 0.1) is 0 Å². The number of hydrogen-bond donors (Lipinski definition) is 2. The van der Waals surface area contributed by atoms with Crippen LogP contribution in [0.5, 0.6) is 0 Å². The minimum Gasteiger partial charge on any atom is -0.459 e. The second kappa shape index (κ2) is 7.96. The number of nitrogens with zero attached hydrogens (tertiary/aromatic N) is 2. The van der Waals surface area contributed by atoms with Crippen LogP contribution in [0.2, 0.25) is 0 Å². The van der Waals surface area contributed by atoms with Crippen LogP contribution in [0.4, 0.5) is 11.4 Å². The molecule has 2 amide bonds. The molecule has 7 nitrogen and oxygen atoms in total. The number of hydrogen-bond acceptors (Lipinski definition) is 5. The number of anilines is 2. The first-order valence-corrected chi connectivity index (χ1v) is 7.40. The Kier molecular flexibility index (Phi) is 5.73. The van der Waals surface area contributed by atoms with E-state index in [0.29, 0.717) is 11.4 Å². The summed E-state index contributed by atoms with van der Waals surface area (Å²) < 4.78 is 4.95. The molecule has 2 N–H and O–H groups in total. The molecule has 0 radical (unpaired) electrons. The quantitative estimate of drug-likeness (QED) is 0.630. The SMILES string of the molecule is C/C(CC(=O)Nc1ccc(N(C)C)cc1)=N/NC(=O)c1ccco1. The number of carbonyl (C=O) groups excluding carboxylic acids is 2. The Hall–Kier alpha value is -3.09. The lowest BCUT2D eigenvalue weighted by atomic mass is 10.2. The van der Waals surface area contributed by atoms with E-state index >= 15 is 0 Å².